The van der Waals surface area contributed by atoms with E-state index in [4.69, 9.17) is 4.74 Å². The summed E-state index contributed by atoms with van der Waals surface area (Å²) in [5.74, 6) is 0.746. The highest BCUT2D eigenvalue weighted by molar-refractivity contribution is 5.81. The van der Waals surface area contributed by atoms with Gasteiger partial charge in [0.25, 0.3) is 0 Å². The van der Waals surface area contributed by atoms with Crippen LogP contribution in [0.15, 0.2) is 24.8 Å². The number of carbonyl (C=O) groups is 1. The predicted octanol–water partition coefficient (Wildman–Crippen LogP) is 6.26. The minimum atomic E-state index is 0.0480. The molecule has 0 aromatic heterocycles. The fraction of sp³-hybridized carbons (Fsp3) is 0.591. The van der Waals surface area contributed by atoms with Crippen molar-refractivity contribution in [3.05, 3.63) is 41.5 Å². The van der Waals surface area contributed by atoms with Crippen molar-refractivity contribution in [1.82, 2.24) is 0 Å². The zero-order valence-corrected chi connectivity index (χ0v) is 16.0. The van der Waals surface area contributed by atoms with E-state index < -0.39 is 0 Å². The van der Waals surface area contributed by atoms with Crippen LogP contribution in [0.5, 0.6) is 5.75 Å². The smallest absolute Gasteiger partial charge is 0.153 e. The lowest BCUT2D eigenvalue weighted by molar-refractivity contribution is 0.111. The van der Waals surface area contributed by atoms with Crippen molar-refractivity contribution in [2.75, 3.05) is 6.61 Å². The highest BCUT2D eigenvalue weighted by Crippen LogP contribution is 2.33. The number of rotatable bonds is 12. The second-order valence-corrected chi connectivity index (χ2v) is 7.16. The zero-order valence-electron chi connectivity index (χ0n) is 16.0. The van der Waals surface area contributed by atoms with Crippen molar-refractivity contribution < 1.29 is 9.53 Å². The zero-order chi connectivity index (χ0) is 18.0. The molecule has 0 spiro atoms. The number of aldehydes is 1. The van der Waals surface area contributed by atoms with Gasteiger partial charge in [0, 0.05) is 0 Å². The molecule has 0 aliphatic rings. The fourth-order valence-corrected chi connectivity index (χ4v) is 2.76. The van der Waals surface area contributed by atoms with E-state index in [-0.39, 0.29) is 5.41 Å². The molecule has 1 rings (SSSR count). The average molecular weight is 331 g/mol. The van der Waals surface area contributed by atoms with Gasteiger partial charge in [-0.25, -0.2) is 0 Å². The third kappa shape index (κ3) is 5.81. The van der Waals surface area contributed by atoms with E-state index in [1.54, 1.807) is 0 Å². The van der Waals surface area contributed by atoms with Crippen molar-refractivity contribution in [3.8, 4) is 5.75 Å². The van der Waals surface area contributed by atoms with Crippen LogP contribution in [-0.4, -0.2) is 12.9 Å². The predicted molar refractivity (Wildman–Crippen MR) is 103 cm³/mol. The van der Waals surface area contributed by atoms with E-state index in [2.05, 4.69) is 40.3 Å². The topological polar surface area (TPSA) is 26.3 Å². The van der Waals surface area contributed by atoms with Crippen LogP contribution in [0.3, 0.4) is 0 Å². The Morgan fingerprint density at radius 2 is 1.83 bits per heavy atom. The first-order valence-electron chi connectivity index (χ1n) is 9.36. The summed E-state index contributed by atoms with van der Waals surface area (Å²) in [7, 11) is 0. The molecule has 24 heavy (non-hydrogen) atoms. The molecule has 0 atom stereocenters. The molecule has 134 valence electrons. The molecular weight excluding hydrogens is 296 g/mol. The van der Waals surface area contributed by atoms with Gasteiger partial charge >= 0.3 is 0 Å². The molecule has 0 radical (unpaired) electrons. The van der Waals surface area contributed by atoms with Crippen molar-refractivity contribution in [3.63, 3.8) is 0 Å². The molecule has 2 nitrogen and oxygen atoms in total. The first-order chi connectivity index (χ1) is 11.5. The van der Waals surface area contributed by atoms with Gasteiger partial charge in [0.1, 0.15) is 5.75 Å². The van der Waals surface area contributed by atoms with Crippen LogP contribution in [0.1, 0.15) is 87.7 Å². The molecule has 0 amide bonds. The SMILES string of the molecule is C=CCc1cc(C(C)(C)CC)cc(C=O)c1OCCCCCCC. The van der Waals surface area contributed by atoms with Gasteiger partial charge in [-0.15, -0.1) is 6.58 Å². The highest BCUT2D eigenvalue weighted by Gasteiger charge is 2.22. The second-order valence-electron chi connectivity index (χ2n) is 7.16. The summed E-state index contributed by atoms with van der Waals surface area (Å²) in [6.45, 7) is 13.3. The Balaban J connectivity index is 2.96. The molecule has 0 unspecified atom stereocenters. The largest absolute Gasteiger partial charge is 0.493 e. The maximum absolute atomic E-state index is 11.6. The molecule has 2 heteroatoms. The van der Waals surface area contributed by atoms with Gasteiger partial charge in [-0.2, -0.15) is 0 Å². The monoisotopic (exact) mass is 330 g/mol. The Morgan fingerprint density at radius 1 is 1.12 bits per heavy atom. The summed E-state index contributed by atoms with van der Waals surface area (Å²) < 4.78 is 6.01. The van der Waals surface area contributed by atoms with Gasteiger partial charge in [-0.3, -0.25) is 4.79 Å². The van der Waals surface area contributed by atoms with E-state index in [0.29, 0.717) is 12.2 Å². The first-order valence-corrected chi connectivity index (χ1v) is 9.36. The Labute approximate surface area is 148 Å². The fourth-order valence-electron chi connectivity index (χ4n) is 2.76. The molecule has 0 heterocycles. The van der Waals surface area contributed by atoms with Crippen molar-refractivity contribution in [1.29, 1.82) is 0 Å². The van der Waals surface area contributed by atoms with Gasteiger partial charge in [0.15, 0.2) is 6.29 Å². The molecule has 0 saturated heterocycles. The standard InChI is InChI=1S/C22H34O2/c1-6-9-10-11-12-14-24-21-18(13-7-2)15-20(16-19(21)17-23)22(4,5)8-3/h7,15-17H,2,6,8-14H2,1,3-5H3. The molecule has 1 aromatic rings. The van der Waals surface area contributed by atoms with Crippen LogP contribution in [-0.2, 0) is 11.8 Å². The second kappa shape index (κ2) is 10.3. The first kappa shape index (κ1) is 20.5. The molecule has 0 aliphatic heterocycles. The maximum Gasteiger partial charge on any atom is 0.153 e. The van der Waals surface area contributed by atoms with Crippen molar-refractivity contribution in [2.45, 2.75) is 78.1 Å². The van der Waals surface area contributed by atoms with Gasteiger partial charge < -0.3 is 4.74 Å². The lowest BCUT2D eigenvalue weighted by Gasteiger charge is -2.25. The number of allylic oxidation sites excluding steroid dienone is 1. The summed E-state index contributed by atoms with van der Waals surface area (Å²) in [5.41, 5.74) is 2.98. The summed E-state index contributed by atoms with van der Waals surface area (Å²) in [4.78, 5) is 11.6. The van der Waals surface area contributed by atoms with Crippen LogP contribution in [0.4, 0.5) is 0 Å². The number of hydrogen-bond donors (Lipinski definition) is 0. The van der Waals surface area contributed by atoms with E-state index >= 15 is 0 Å². The van der Waals surface area contributed by atoms with Crippen LogP contribution < -0.4 is 4.74 Å². The Bertz CT molecular complexity index is 529. The van der Waals surface area contributed by atoms with Crippen molar-refractivity contribution >= 4 is 6.29 Å². The molecule has 0 saturated carbocycles. The van der Waals surface area contributed by atoms with Crippen LogP contribution in [0, 0.1) is 0 Å². The number of hydrogen-bond acceptors (Lipinski definition) is 2. The van der Waals surface area contributed by atoms with Gasteiger partial charge in [0.2, 0.25) is 0 Å². The number of ether oxygens (including phenoxy) is 1. The summed E-state index contributed by atoms with van der Waals surface area (Å²) in [6, 6.07) is 4.18. The molecule has 1 aromatic carbocycles. The van der Waals surface area contributed by atoms with Crippen LogP contribution >= 0.6 is 0 Å². The molecule has 0 N–H and O–H groups in total. The summed E-state index contributed by atoms with van der Waals surface area (Å²) >= 11 is 0. The van der Waals surface area contributed by atoms with Gasteiger partial charge in [-0.1, -0.05) is 65.5 Å². The van der Waals surface area contributed by atoms with E-state index in [1.165, 1.54) is 31.2 Å². The Morgan fingerprint density at radius 3 is 2.42 bits per heavy atom. The molecule has 0 bridgehead atoms. The normalized spacial score (nSPS) is 11.3. The van der Waals surface area contributed by atoms with Gasteiger partial charge in [0.05, 0.1) is 12.2 Å². The van der Waals surface area contributed by atoms with Crippen LogP contribution in [0.2, 0.25) is 0 Å². The molecule has 0 aliphatic carbocycles. The number of carbonyl (C=O) groups excluding carboxylic acids is 1. The summed E-state index contributed by atoms with van der Waals surface area (Å²) in [6.07, 6.45) is 10.5. The van der Waals surface area contributed by atoms with Gasteiger partial charge in [-0.05, 0) is 41.9 Å². The lowest BCUT2D eigenvalue weighted by atomic mass is 9.80. The third-order valence-corrected chi connectivity index (χ3v) is 4.85. The molecule has 0 fully saturated rings. The van der Waals surface area contributed by atoms with Crippen molar-refractivity contribution in [2.24, 2.45) is 0 Å². The molecular formula is C22H34O2. The van der Waals surface area contributed by atoms with E-state index in [9.17, 15) is 4.79 Å². The Hall–Kier alpha value is -1.57. The lowest BCUT2D eigenvalue weighted by Crippen LogP contribution is -2.17. The summed E-state index contributed by atoms with van der Waals surface area (Å²) in [5, 5.41) is 0. The maximum atomic E-state index is 11.6. The Kier molecular flexibility index (Phi) is 8.81. The van der Waals surface area contributed by atoms with E-state index in [1.807, 2.05) is 12.1 Å². The minimum Gasteiger partial charge on any atom is -0.493 e. The van der Waals surface area contributed by atoms with E-state index in [0.717, 1.165) is 36.9 Å². The third-order valence-electron chi connectivity index (χ3n) is 4.85. The highest BCUT2D eigenvalue weighted by atomic mass is 16.5. The number of benzene rings is 1. The quantitative estimate of drug-likeness (QED) is 0.257. The number of unbranched alkanes of at least 4 members (excludes halogenated alkanes) is 4. The average Bonchev–Trinajstić information content (AvgIpc) is 2.58. The van der Waals surface area contributed by atoms with Crippen LogP contribution in [0.25, 0.3) is 0 Å². The minimum absolute atomic E-state index is 0.0480.